The summed E-state index contributed by atoms with van der Waals surface area (Å²) in [4.78, 5) is 29.3. The van der Waals surface area contributed by atoms with Crippen LogP contribution in [0, 0.1) is 0 Å². The van der Waals surface area contributed by atoms with E-state index in [-0.39, 0.29) is 18.1 Å². The van der Waals surface area contributed by atoms with Crippen LogP contribution in [0.25, 0.3) is 10.9 Å². The summed E-state index contributed by atoms with van der Waals surface area (Å²) < 4.78 is 7.36. The van der Waals surface area contributed by atoms with Crippen molar-refractivity contribution < 1.29 is 9.53 Å². The van der Waals surface area contributed by atoms with Gasteiger partial charge >= 0.3 is 0 Å². The van der Waals surface area contributed by atoms with E-state index in [1.165, 1.54) is 0 Å². The van der Waals surface area contributed by atoms with Gasteiger partial charge < -0.3 is 10.1 Å². The van der Waals surface area contributed by atoms with E-state index in [1.807, 2.05) is 0 Å². The van der Waals surface area contributed by atoms with E-state index in [0.29, 0.717) is 23.2 Å². The van der Waals surface area contributed by atoms with Crippen LogP contribution in [0.5, 0.6) is 5.75 Å². The second kappa shape index (κ2) is 8.83. The highest BCUT2D eigenvalue weighted by Gasteiger charge is 2.14. The molecule has 1 N–H and O–H groups in total. The molecule has 1 aromatic heterocycles. The first-order valence-corrected chi connectivity index (χ1v) is 9.62. The highest BCUT2D eigenvalue weighted by atomic mass is 16.5. The lowest BCUT2D eigenvalue weighted by atomic mass is 10.2. The highest BCUT2D eigenvalue weighted by molar-refractivity contribution is 5.80. The summed E-state index contributed by atoms with van der Waals surface area (Å²) in [5.41, 5.74) is 0.681. The molecule has 1 aliphatic rings. The Bertz CT molecular complexity index is 829. The molecule has 1 amide bonds. The summed E-state index contributed by atoms with van der Waals surface area (Å²) in [5, 5.41) is 3.39. The topological polar surface area (TPSA) is 73.2 Å². The summed E-state index contributed by atoms with van der Waals surface area (Å²) in [6.45, 7) is 3.48. The lowest BCUT2D eigenvalue weighted by Crippen LogP contribution is -2.29. The Labute approximate surface area is 153 Å². The zero-order valence-corrected chi connectivity index (χ0v) is 15.4. The number of fused-ring (bicyclic) bond motifs is 2. The predicted octanol–water partition coefficient (Wildman–Crippen LogP) is 2.81. The van der Waals surface area contributed by atoms with Gasteiger partial charge in [-0.2, -0.15) is 0 Å². The van der Waals surface area contributed by atoms with Gasteiger partial charge in [0.25, 0.3) is 11.5 Å². The van der Waals surface area contributed by atoms with E-state index in [0.717, 1.165) is 57.3 Å². The third kappa shape index (κ3) is 4.42. The molecule has 2 aromatic rings. The summed E-state index contributed by atoms with van der Waals surface area (Å²) in [5.74, 6) is 1.26. The molecule has 6 nitrogen and oxygen atoms in total. The van der Waals surface area contributed by atoms with Crippen molar-refractivity contribution in [3.8, 4) is 5.75 Å². The molecule has 0 radical (unpaired) electrons. The van der Waals surface area contributed by atoms with Crippen LogP contribution >= 0.6 is 0 Å². The minimum absolute atomic E-state index is 0.0126. The van der Waals surface area contributed by atoms with Gasteiger partial charge in [0.15, 0.2) is 6.61 Å². The van der Waals surface area contributed by atoms with E-state index in [9.17, 15) is 9.59 Å². The molecule has 0 fully saturated rings. The van der Waals surface area contributed by atoms with Crippen LogP contribution in [0.3, 0.4) is 0 Å². The molecule has 0 unspecified atom stereocenters. The fraction of sp³-hybridized carbons (Fsp3) is 0.550. The first kappa shape index (κ1) is 18.4. The zero-order chi connectivity index (χ0) is 18.4. The van der Waals surface area contributed by atoms with Crippen LogP contribution in [0.1, 0.15) is 51.3 Å². The Kier molecular flexibility index (Phi) is 6.26. The number of hydrogen-bond donors (Lipinski definition) is 1. The third-order valence-corrected chi connectivity index (χ3v) is 4.76. The molecular weight excluding hydrogens is 330 g/mol. The Morgan fingerprint density at radius 3 is 3.00 bits per heavy atom. The van der Waals surface area contributed by atoms with Crippen LogP contribution in [0.4, 0.5) is 0 Å². The lowest BCUT2D eigenvalue weighted by Gasteiger charge is -2.11. The fourth-order valence-corrected chi connectivity index (χ4v) is 3.29. The fourth-order valence-electron chi connectivity index (χ4n) is 3.29. The van der Waals surface area contributed by atoms with Crippen LogP contribution in [-0.2, 0) is 17.8 Å². The monoisotopic (exact) mass is 357 g/mol. The number of nitrogens with one attached hydrogen (secondary N) is 1. The molecule has 1 aromatic carbocycles. The van der Waals surface area contributed by atoms with Crippen LogP contribution < -0.4 is 15.6 Å². The van der Waals surface area contributed by atoms with Gasteiger partial charge in [-0.3, -0.25) is 14.2 Å². The van der Waals surface area contributed by atoms with Crippen LogP contribution in [0.15, 0.2) is 23.0 Å². The number of carbonyl (C=O) groups is 1. The number of nitrogens with zero attached hydrogens (tertiary/aromatic N) is 2. The largest absolute Gasteiger partial charge is 0.484 e. The Morgan fingerprint density at radius 1 is 1.27 bits per heavy atom. The highest BCUT2D eigenvalue weighted by Crippen LogP contribution is 2.19. The average Bonchev–Trinajstić information content (AvgIpc) is 2.89. The zero-order valence-electron chi connectivity index (χ0n) is 15.4. The van der Waals surface area contributed by atoms with Crippen molar-refractivity contribution in [1.29, 1.82) is 0 Å². The second-order valence-electron chi connectivity index (χ2n) is 6.82. The molecule has 3 rings (SSSR count). The molecule has 1 aliphatic heterocycles. The molecule has 26 heavy (non-hydrogen) atoms. The average molecular weight is 357 g/mol. The van der Waals surface area contributed by atoms with Crippen molar-refractivity contribution in [1.82, 2.24) is 14.9 Å². The van der Waals surface area contributed by atoms with Gasteiger partial charge in [0.1, 0.15) is 11.6 Å². The van der Waals surface area contributed by atoms with Gasteiger partial charge in [0.2, 0.25) is 0 Å². The standard InChI is InChI=1S/C20H27N3O3/c1-2-3-6-11-21-19(24)14-26-15-9-10-17-16(13-15)20(25)23-12-7-4-5-8-18(23)22-17/h9-10,13H,2-8,11-12,14H2,1H3,(H,21,24). The molecule has 0 aliphatic carbocycles. The van der Waals surface area contributed by atoms with Crippen molar-refractivity contribution >= 4 is 16.8 Å². The smallest absolute Gasteiger partial charge is 0.261 e. The van der Waals surface area contributed by atoms with Crippen molar-refractivity contribution in [3.05, 3.63) is 34.4 Å². The lowest BCUT2D eigenvalue weighted by molar-refractivity contribution is -0.123. The second-order valence-corrected chi connectivity index (χ2v) is 6.82. The number of unbranched alkanes of at least 4 members (excludes halogenated alkanes) is 2. The van der Waals surface area contributed by atoms with Crippen molar-refractivity contribution in [2.75, 3.05) is 13.2 Å². The Morgan fingerprint density at radius 2 is 2.15 bits per heavy atom. The van der Waals surface area contributed by atoms with Gasteiger partial charge in [-0.15, -0.1) is 0 Å². The molecule has 0 saturated carbocycles. The number of carbonyl (C=O) groups excluding carboxylic acids is 1. The maximum atomic E-state index is 12.8. The maximum Gasteiger partial charge on any atom is 0.261 e. The van der Waals surface area contributed by atoms with Gasteiger partial charge in [-0.25, -0.2) is 4.98 Å². The van der Waals surface area contributed by atoms with Crippen molar-refractivity contribution in [2.24, 2.45) is 0 Å². The Balaban J connectivity index is 1.70. The molecular formula is C20H27N3O3. The third-order valence-electron chi connectivity index (χ3n) is 4.76. The minimum Gasteiger partial charge on any atom is -0.484 e. The number of amides is 1. The number of ether oxygens (including phenoxy) is 1. The molecule has 0 spiro atoms. The molecule has 0 bridgehead atoms. The van der Waals surface area contributed by atoms with E-state index in [4.69, 9.17) is 4.74 Å². The summed E-state index contributed by atoms with van der Waals surface area (Å²) in [6.07, 6.45) is 7.26. The quantitative estimate of drug-likeness (QED) is 0.774. The summed E-state index contributed by atoms with van der Waals surface area (Å²) in [7, 11) is 0. The molecule has 140 valence electrons. The van der Waals surface area contributed by atoms with Gasteiger partial charge in [-0.1, -0.05) is 26.2 Å². The number of hydrogen-bond acceptors (Lipinski definition) is 4. The van der Waals surface area contributed by atoms with Gasteiger partial charge in [0.05, 0.1) is 10.9 Å². The first-order valence-electron chi connectivity index (χ1n) is 9.62. The summed E-state index contributed by atoms with van der Waals surface area (Å²) in [6, 6.07) is 5.27. The first-order chi connectivity index (χ1) is 12.7. The number of aryl methyl sites for hydroxylation is 1. The SMILES string of the molecule is CCCCCNC(=O)COc1ccc2nc3n(c(=O)c2c1)CCCCC3. The van der Waals surface area contributed by atoms with Crippen molar-refractivity contribution in [2.45, 2.75) is 58.4 Å². The van der Waals surface area contributed by atoms with E-state index in [2.05, 4.69) is 17.2 Å². The minimum atomic E-state index is -0.141. The van der Waals surface area contributed by atoms with E-state index < -0.39 is 0 Å². The number of rotatable bonds is 7. The molecule has 2 heterocycles. The Hall–Kier alpha value is -2.37. The predicted molar refractivity (Wildman–Crippen MR) is 102 cm³/mol. The summed E-state index contributed by atoms with van der Waals surface area (Å²) >= 11 is 0. The van der Waals surface area contributed by atoms with Crippen LogP contribution in [0.2, 0.25) is 0 Å². The molecule has 6 heteroatoms. The van der Waals surface area contributed by atoms with E-state index >= 15 is 0 Å². The maximum absolute atomic E-state index is 12.8. The normalized spacial score (nSPS) is 13.9. The number of benzene rings is 1. The van der Waals surface area contributed by atoms with Gasteiger partial charge in [0, 0.05) is 19.5 Å². The molecule has 0 atom stereocenters. The van der Waals surface area contributed by atoms with Crippen molar-refractivity contribution in [3.63, 3.8) is 0 Å². The van der Waals surface area contributed by atoms with Crippen LogP contribution in [-0.4, -0.2) is 28.6 Å². The van der Waals surface area contributed by atoms with E-state index in [1.54, 1.807) is 22.8 Å². The number of aromatic nitrogens is 2. The molecule has 0 saturated heterocycles. The van der Waals surface area contributed by atoms with Gasteiger partial charge in [-0.05, 0) is 37.5 Å².